The molecule has 0 bridgehead atoms. The third kappa shape index (κ3) is 3.20. The standard InChI is InChI=1S/C21H17N5O3/c1-26-16-5-3-2-4-15(16)24-21(26)25-19-10-13(8-9-22-19)20(27)23-14-6-7-17-18(11-14)29-12-28-17/h2-11H,12H2,1H3,(H,23,27)(H,22,24,25). The van der Waals surface area contributed by atoms with E-state index in [0.717, 1.165) is 11.0 Å². The van der Waals surface area contributed by atoms with E-state index in [-0.39, 0.29) is 12.7 Å². The smallest absolute Gasteiger partial charge is 0.255 e. The van der Waals surface area contributed by atoms with Crippen LogP contribution in [0.5, 0.6) is 11.5 Å². The Hall–Kier alpha value is -4.07. The number of carbonyl (C=O) groups is 1. The van der Waals surface area contributed by atoms with Crippen molar-refractivity contribution in [3.63, 3.8) is 0 Å². The molecule has 0 spiro atoms. The number of aryl methyl sites for hydroxylation is 1. The largest absolute Gasteiger partial charge is 0.454 e. The van der Waals surface area contributed by atoms with Crippen LogP contribution in [0.1, 0.15) is 10.4 Å². The molecule has 29 heavy (non-hydrogen) atoms. The molecule has 0 aliphatic carbocycles. The van der Waals surface area contributed by atoms with Crippen LogP contribution in [0, 0.1) is 0 Å². The second-order valence-corrected chi connectivity index (χ2v) is 6.56. The zero-order valence-electron chi connectivity index (χ0n) is 15.5. The van der Waals surface area contributed by atoms with Gasteiger partial charge in [0.2, 0.25) is 12.7 Å². The summed E-state index contributed by atoms with van der Waals surface area (Å²) >= 11 is 0. The summed E-state index contributed by atoms with van der Waals surface area (Å²) < 4.78 is 12.6. The number of amides is 1. The van der Waals surface area contributed by atoms with Gasteiger partial charge < -0.3 is 24.7 Å². The number of pyridine rings is 1. The predicted octanol–water partition coefficient (Wildman–Crippen LogP) is 3.69. The quantitative estimate of drug-likeness (QED) is 0.555. The second kappa shape index (κ2) is 6.83. The maximum absolute atomic E-state index is 12.7. The third-order valence-electron chi connectivity index (χ3n) is 4.68. The first-order valence-corrected chi connectivity index (χ1v) is 9.03. The molecule has 0 unspecified atom stereocenters. The van der Waals surface area contributed by atoms with Gasteiger partial charge in [0, 0.05) is 30.6 Å². The summed E-state index contributed by atoms with van der Waals surface area (Å²) in [4.78, 5) is 21.5. The van der Waals surface area contributed by atoms with Crippen LogP contribution in [0.2, 0.25) is 0 Å². The molecular weight excluding hydrogens is 370 g/mol. The first-order chi connectivity index (χ1) is 14.2. The van der Waals surface area contributed by atoms with E-state index >= 15 is 0 Å². The fourth-order valence-electron chi connectivity index (χ4n) is 3.19. The lowest BCUT2D eigenvalue weighted by Gasteiger charge is -2.09. The lowest BCUT2D eigenvalue weighted by molar-refractivity contribution is 0.102. The van der Waals surface area contributed by atoms with Gasteiger partial charge in [-0.1, -0.05) is 12.1 Å². The average molecular weight is 387 g/mol. The topological polar surface area (TPSA) is 90.3 Å². The van der Waals surface area contributed by atoms with Crippen LogP contribution < -0.4 is 20.1 Å². The summed E-state index contributed by atoms with van der Waals surface area (Å²) in [6, 6.07) is 16.5. The number of fused-ring (bicyclic) bond motifs is 2. The Bertz CT molecular complexity index is 1230. The minimum atomic E-state index is -0.251. The Morgan fingerprint density at radius 2 is 1.93 bits per heavy atom. The van der Waals surface area contributed by atoms with Crippen molar-refractivity contribution in [2.75, 3.05) is 17.4 Å². The number of ether oxygens (including phenoxy) is 2. The number of nitrogens with one attached hydrogen (secondary N) is 2. The van der Waals surface area contributed by atoms with E-state index < -0.39 is 0 Å². The van der Waals surface area contributed by atoms with Gasteiger partial charge in [-0.25, -0.2) is 9.97 Å². The van der Waals surface area contributed by atoms with Crippen molar-refractivity contribution in [3.05, 3.63) is 66.4 Å². The molecule has 3 heterocycles. The highest BCUT2D eigenvalue weighted by Crippen LogP contribution is 2.34. The zero-order chi connectivity index (χ0) is 19.8. The molecule has 1 aliphatic heterocycles. The number of hydrogen-bond donors (Lipinski definition) is 2. The number of carbonyl (C=O) groups excluding carboxylic acids is 1. The number of anilines is 3. The maximum Gasteiger partial charge on any atom is 0.255 e. The van der Waals surface area contributed by atoms with E-state index in [2.05, 4.69) is 20.6 Å². The van der Waals surface area contributed by atoms with E-state index in [1.54, 1.807) is 36.5 Å². The van der Waals surface area contributed by atoms with Crippen LogP contribution in [-0.4, -0.2) is 27.2 Å². The fourth-order valence-corrected chi connectivity index (χ4v) is 3.19. The van der Waals surface area contributed by atoms with Gasteiger partial charge in [-0.2, -0.15) is 0 Å². The lowest BCUT2D eigenvalue weighted by atomic mass is 10.2. The average Bonchev–Trinajstić information content (AvgIpc) is 3.33. The van der Waals surface area contributed by atoms with Crippen molar-refractivity contribution in [2.24, 2.45) is 7.05 Å². The number of hydrogen-bond acceptors (Lipinski definition) is 6. The molecule has 0 saturated heterocycles. The van der Waals surface area contributed by atoms with Crippen LogP contribution in [0.15, 0.2) is 60.8 Å². The maximum atomic E-state index is 12.7. The normalized spacial score (nSPS) is 12.2. The van der Waals surface area contributed by atoms with Gasteiger partial charge in [0.15, 0.2) is 11.5 Å². The van der Waals surface area contributed by atoms with Crippen molar-refractivity contribution in [3.8, 4) is 11.5 Å². The molecule has 8 nitrogen and oxygen atoms in total. The first-order valence-electron chi connectivity index (χ1n) is 9.03. The first kappa shape index (κ1) is 17.1. The molecule has 4 aromatic rings. The molecule has 2 N–H and O–H groups in total. The minimum Gasteiger partial charge on any atom is -0.454 e. The molecule has 1 amide bonds. The van der Waals surface area contributed by atoms with Crippen molar-refractivity contribution >= 4 is 34.4 Å². The molecule has 8 heteroatoms. The summed E-state index contributed by atoms with van der Waals surface area (Å²) in [5, 5.41) is 6.04. The molecule has 1 aliphatic rings. The molecule has 0 saturated carbocycles. The highest BCUT2D eigenvalue weighted by atomic mass is 16.7. The van der Waals surface area contributed by atoms with Crippen LogP contribution in [0.3, 0.4) is 0 Å². The Morgan fingerprint density at radius 3 is 2.83 bits per heavy atom. The number of para-hydroxylation sites is 2. The monoisotopic (exact) mass is 387 g/mol. The molecule has 0 fully saturated rings. The van der Waals surface area contributed by atoms with Crippen molar-refractivity contribution in [2.45, 2.75) is 0 Å². The van der Waals surface area contributed by atoms with Crippen LogP contribution in [0.25, 0.3) is 11.0 Å². The Morgan fingerprint density at radius 1 is 1.07 bits per heavy atom. The Kier molecular flexibility index (Phi) is 4.02. The summed E-state index contributed by atoms with van der Waals surface area (Å²) in [5.74, 6) is 2.20. The van der Waals surface area contributed by atoms with E-state index in [1.165, 1.54) is 0 Å². The molecule has 2 aromatic heterocycles. The predicted molar refractivity (Wildman–Crippen MR) is 109 cm³/mol. The van der Waals surface area contributed by atoms with Gasteiger partial charge in [0.25, 0.3) is 5.91 Å². The van der Waals surface area contributed by atoms with Gasteiger partial charge in [0.1, 0.15) is 5.82 Å². The molecule has 2 aromatic carbocycles. The summed E-state index contributed by atoms with van der Waals surface area (Å²) in [6.45, 7) is 0.189. The number of aromatic nitrogens is 3. The highest BCUT2D eigenvalue weighted by molar-refractivity contribution is 6.04. The minimum absolute atomic E-state index is 0.189. The van der Waals surface area contributed by atoms with Crippen LogP contribution in [-0.2, 0) is 7.05 Å². The number of benzene rings is 2. The third-order valence-corrected chi connectivity index (χ3v) is 4.68. The van der Waals surface area contributed by atoms with Gasteiger partial charge in [-0.3, -0.25) is 4.79 Å². The van der Waals surface area contributed by atoms with E-state index in [4.69, 9.17) is 9.47 Å². The van der Waals surface area contributed by atoms with E-state index in [0.29, 0.717) is 34.5 Å². The summed E-state index contributed by atoms with van der Waals surface area (Å²) in [7, 11) is 1.92. The van der Waals surface area contributed by atoms with Crippen LogP contribution in [0.4, 0.5) is 17.5 Å². The van der Waals surface area contributed by atoms with E-state index in [1.807, 2.05) is 35.9 Å². The molecule has 144 valence electrons. The highest BCUT2D eigenvalue weighted by Gasteiger charge is 2.15. The SMILES string of the molecule is Cn1c(Nc2cc(C(=O)Nc3ccc4c(c3)OCO4)ccn2)nc2ccccc21. The summed E-state index contributed by atoms with van der Waals surface area (Å²) in [5.41, 5.74) is 2.99. The number of nitrogens with zero attached hydrogens (tertiary/aromatic N) is 3. The molecule has 5 rings (SSSR count). The van der Waals surface area contributed by atoms with Gasteiger partial charge in [-0.05, 0) is 36.4 Å². The summed E-state index contributed by atoms with van der Waals surface area (Å²) in [6.07, 6.45) is 1.58. The van der Waals surface area contributed by atoms with Crippen molar-refractivity contribution in [1.82, 2.24) is 14.5 Å². The van der Waals surface area contributed by atoms with Crippen molar-refractivity contribution < 1.29 is 14.3 Å². The molecular formula is C21H17N5O3. The molecule has 0 atom stereocenters. The van der Waals surface area contributed by atoms with E-state index in [9.17, 15) is 4.79 Å². The molecule has 0 radical (unpaired) electrons. The van der Waals surface area contributed by atoms with Gasteiger partial charge in [-0.15, -0.1) is 0 Å². The van der Waals surface area contributed by atoms with Gasteiger partial charge >= 0.3 is 0 Å². The lowest BCUT2D eigenvalue weighted by Crippen LogP contribution is -2.12. The zero-order valence-corrected chi connectivity index (χ0v) is 15.5. The van der Waals surface area contributed by atoms with Crippen LogP contribution >= 0.6 is 0 Å². The van der Waals surface area contributed by atoms with Gasteiger partial charge in [0.05, 0.1) is 11.0 Å². The number of rotatable bonds is 4. The second-order valence-electron chi connectivity index (χ2n) is 6.56. The van der Waals surface area contributed by atoms with Crippen molar-refractivity contribution in [1.29, 1.82) is 0 Å². The Labute approximate surface area is 166 Å². The number of imidazole rings is 1. The Balaban J connectivity index is 1.36. The fraction of sp³-hybridized carbons (Fsp3) is 0.0952.